The Morgan fingerprint density at radius 1 is 1.00 bits per heavy atom. The lowest BCUT2D eigenvalue weighted by Gasteiger charge is -2.13. The number of carbonyl (C=O) groups is 2. The number of amides is 2. The minimum Gasteiger partial charge on any atom is -0.488 e. The third-order valence-corrected chi connectivity index (χ3v) is 6.31. The second-order valence-corrected chi connectivity index (χ2v) is 9.12. The summed E-state index contributed by atoms with van der Waals surface area (Å²) < 4.78 is 5.91. The fraction of sp³-hybridized carbons (Fsp3) is 0.0833. The number of halogens is 2. The number of carbonyl (C=O) groups excluding carboxylic acids is 2. The molecule has 1 saturated heterocycles. The topological polar surface area (TPSA) is 89.8 Å². The summed E-state index contributed by atoms with van der Waals surface area (Å²) in [6.45, 7) is 0.0367. The van der Waals surface area contributed by atoms with E-state index >= 15 is 0 Å². The number of ether oxygens (including phenoxy) is 1. The first-order chi connectivity index (χ1) is 16.3. The van der Waals surface area contributed by atoms with Gasteiger partial charge in [0.05, 0.1) is 16.4 Å². The number of rotatable bonds is 7. The van der Waals surface area contributed by atoms with Crippen LogP contribution in [-0.4, -0.2) is 21.0 Å². The molecule has 0 bridgehead atoms. The van der Waals surface area contributed by atoms with Crippen LogP contribution in [0.5, 0.6) is 5.75 Å². The van der Waals surface area contributed by atoms with Crippen LogP contribution in [0.2, 0.25) is 10.0 Å². The number of benzene rings is 3. The first-order valence-electron chi connectivity index (χ1n) is 9.96. The monoisotopic (exact) mass is 514 g/mol. The van der Waals surface area contributed by atoms with Crippen molar-refractivity contribution in [2.24, 2.45) is 0 Å². The molecular formula is C24H16Cl2N2O5S. The zero-order chi connectivity index (χ0) is 24.2. The smallest absolute Gasteiger partial charge is 0.293 e. The molecule has 7 nitrogen and oxygen atoms in total. The van der Waals surface area contributed by atoms with Crippen LogP contribution in [0.25, 0.3) is 6.08 Å². The van der Waals surface area contributed by atoms with E-state index in [9.17, 15) is 19.7 Å². The van der Waals surface area contributed by atoms with E-state index in [1.165, 1.54) is 24.3 Å². The van der Waals surface area contributed by atoms with Crippen LogP contribution < -0.4 is 4.74 Å². The standard InChI is InChI=1S/C24H16Cl2N2O5S/c25-18-6-3-4-15(10-18)14-33-21-9-8-19(26)11-17(21)12-22-23(29)27(24(30)34-22)13-16-5-1-2-7-20(16)28(31)32/h1-12H,13-14H2/b22-12-. The van der Waals surface area contributed by atoms with Gasteiger partial charge >= 0.3 is 0 Å². The maximum Gasteiger partial charge on any atom is 0.293 e. The summed E-state index contributed by atoms with van der Waals surface area (Å²) in [5.74, 6) is -0.0798. The number of nitro groups is 1. The molecule has 2 amide bonds. The second-order valence-electron chi connectivity index (χ2n) is 7.25. The Morgan fingerprint density at radius 3 is 2.53 bits per heavy atom. The van der Waals surface area contributed by atoms with Gasteiger partial charge in [-0.3, -0.25) is 24.6 Å². The third kappa shape index (κ3) is 5.41. The normalized spacial score (nSPS) is 14.6. The molecule has 1 fully saturated rings. The van der Waals surface area contributed by atoms with Crippen LogP contribution in [0.3, 0.4) is 0 Å². The van der Waals surface area contributed by atoms with Crippen LogP contribution in [0.15, 0.2) is 71.6 Å². The molecule has 0 radical (unpaired) electrons. The summed E-state index contributed by atoms with van der Waals surface area (Å²) in [6, 6.07) is 18.2. The van der Waals surface area contributed by atoms with E-state index in [-0.39, 0.29) is 29.3 Å². The van der Waals surface area contributed by atoms with Gasteiger partial charge in [0.15, 0.2) is 0 Å². The fourth-order valence-electron chi connectivity index (χ4n) is 3.32. The van der Waals surface area contributed by atoms with Crippen LogP contribution >= 0.6 is 35.0 Å². The number of thioether (sulfide) groups is 1. The zero-order valence-electron chi connectivity index (χ0n) is 17.4. The van der Waals surface area contributed by atoms with E-state index in [1.807, 2.05) is 12.1 Å². The second kappa shape index (κ2) is 10.3. The van der Waals surface area contributed by atoms with Gasteiger partial charge in [0.2, 0.25) is 0 Å². The molecule has 3 aromatic rings. The molecule has 0 atom stereocenters. The lowest BCUT2D eigenvalue weighted by Crippen LogP contribution is -2.27. The summed E-state index contributed by atoms with van der Waals surface area (Å²) in [7, 11) is 0. The number of nitrogens with zero attached hydrogens (tertiary/aromatic N) is 2. The molecule has 0 spiro atoms. The Bertz CT molecular complexity index is 1330. The molecule has 34 heavy (non-hydrogen) atoms. The van der Waals surface area contributed by atoms with Crippen molar-refractivity contribution < 1.29 is 19.2 Å². The summed E-state index contributed by atoms with van der Waals surface area (Å²) in [5.41, 5.74) is 1.49. The quantitative estimate of drug-likeness (QED) is 0.197. The molecule has 1 heterocycles. The minimum atomic E-state index is -0.547. The van der Waals surface area contributed by atoms with E-state index in [0.717, 1.165) is 22.2 Å². The third-order valence-electron chi connectivity index (χ3n) is 4.93. The van der Waals surface area contributed by atoms with Gasteiger partial charge in [-0.25, -0.2) is 0 Å². The Hall–Kier alpha value is -3.33. The van der Waals surface area contributed by atoms with Gasteiger partial charge in [0.25, 0.3) is 16.8 Å². The molecule has 0 unspecified atom stereocenters. The molecule has 0 aliphatic carbocycles. The average Bonchev–Trinajstić information content (AvgIpc) is 3.06. The molecule has 1 aliphatic heterocycles. The van der Waals surface area contributed by atoms with Gasteiger partial charge in [-0.2, -0.15) is 0 Å². The first-order valence-corrected chi connectivity index (χ1v) is 11.5. The molecule has 172 valence electrons. The predicted octanol–water partition coefficient (Wildman–Crippen LogP) is 6.72. The molecular weight excluding hydrogens is 499 g/mol. The molecule has 0 saturated carbocycles. The molecule has 0 N–H and O–H groups in total. The highest BCUT2D eigenvalue weighted by molar-refractivity contribution is 8.18. The molecule has 0 aromatic heterocycles. The molecule has 4 rings (SSSR count). The summed E-state index contributed by atoms with van der Waals surface area (Å²) in [4.78, 5) is 37.4. The number of hydrogen-bond acceptors (Lipinski definition) is 6. The van der Waals surface area contributed by atoms with Crippen molar-refractivity contribution >= 4 is 57.9 Å². The van der Waals surface area contributed by atoms with Crippen molar-refractivity contribution in [2.45, 2.75) is 13.2 Å². The van der Waals surface area contributed by atoms with Crippen LogP contribution in [0.4, 0.5) is 10.5 Å². The minimum absolute atomic E-state index is 0.155. The largest absolute Gasteiger partial charge is 0.488 e. The average molecular weight is 515 g/mol. The number of hydrogen-bond donors (Lipinski definition) is 0. The summed E-state index contributed by atoms with van der Waals surface area (Å²) in [6.07, 6.45) is 1.53. The maximum atomic E-state index is 13.0. The van der Waals surface area contributed by atoms with E-state index in [1.54, 1.807) is 36.4 Å². The number of para-hydroxylation sites is 1. The predicted molar refractivity (Wildman–Crippen MR) is 132 cm³/mol. The number of nitro benzene ring substituents is 1. The Morgan fingerprint density at radius 2 is 1.76 bits per heavy atom. The Kier molecular flexibility index (Phi) is 7.21. The van der Waals surface area contributed by atoms with Crippen molar-refractivity contribution in [1.82, 2.24) is 4.90 Å². The van der Waals surface area contributed by atoms with Crippen molar-refractivity contribution in [2.75, 3.05) is 0 Å². The number of imide groups is 1. The van der Waals surface area contributed by atoms with Crippen molar-refractivity contribution in [3.63, 3.8) is 0 Å². The van der Waals surface area contributed by atoms with Crippen LogP contribution in [0, 0.1) is 10.1 Å². The highest BCUT2D eigenvalue weighted by Crippen LogP contribution is 2.36. The van der Waals surface area contributed by atoms with Crippen molar-refractivity contribution in [3.05, 3.63) is 108 Å². The first kappa shape index (κ1) is 23.8. The van der Waals surface area contributed by atoms with E-state index in [2.05, 4.69) is 0 Å². The van der Waals surface area contributed by atoms with E-state index in [0.29, 0.717) is 21.4 Å². The lowest BCUT2D eigenvalue weighted by atomic mass is 10.1. The zero-order valence-corrected chi connectivity index (χ0v) is 19.8. The van der Waals surface area contributed by atoms with Gasteiger partial charge in [-0.05, 0) is 53.7 Å². The van der Waals surface area contributed by atoms with Gasteiger partial charge in [0.1, 0.15) is 12.4 Å². The Balaban J connectivity index is 1.57. The van der Waals surface area contributed by atoms with Crippen LogP contribution in [-0.2, 0) is 17.9 Å². The lowest BCUT2D eigenvalue weighted by molar-refractivity contribution is -0.385. The van der Waals surface area contributed by atoms with Gasteiger partial charge in [0, 0.05) is 27.2 Å². The van der Waals surface area contributed by atoms with Crippen molar-refractivity contribution in [1.29, 1.82) is 0 Å². The molecule has 1 aliphatic rings. The summed E-state index contributed by atoms with van der Waals surface area (Å²) in [5, 5.41) is 11.8. The SMILES string of the molecule is O=C1S/C(=C\c2cc(Cl)ccc2OCc2cccc(Cl)c2)C(=O)N1Cc1ccccc1[N+](=O)[O-]. The highest BCUT2D eigenvalue weighted by atomic mass is 35.5. The fourth-order valence-corrected chi connectivity index (χ4v) is 4.54. The highest BCUT2D eigenvalue weighted by Gasteiger charge is 2.36. The van der Waals surface area contributed by atoms with Crippen LogP contribution in [0.1, 0.15) is 16.7 Å². The molecule has 3 aromatic carbocycles. The van der Waals surface area contributed by atoms with Gasteiger partial charge in [-0.15, -0.1) is 0 Å². The summed E-state index contributed by atoms with van der Waals surface area (Å²) >= 11 is 12.9. The van der Waals surface area contributed by atoms with Gasteiger partial charge < -0.3 is 4.74 Å². The van der Waals surface area contributed by atoms with Crippen molar-refractivity contribution in [3.8, 4) is 5.75 Å². The van der Waals surface area contributed by atoms with Gasteiger partial charge in [-0.1, -0.05) is 53.5 Å². The molecule has 10 heteroatoms. The Labute approximate surface area is 209 Å². The maximum absolute atomic E-state index is 13.0. The van der Waals surface area contributed by atoms with E-state index < -0.39 is 16.1 Å². The van der Waals surface area contributed by atoms with E-state index in [4.69, 9.17) is 27.9 Å².